The number of nitrogens with one attached hydrogen (secondary N) is 1. The van der Waals surface area contributed by atoms with E-state index in [-0.39, 0.29) is 18.0 Å². The number of benzene rings is 2. The van der Waals surface area contributed by atoms with Crippen LogP contribution in [-0.2, 0) is 20.7 Å². The van der Waals surface area contributed by atoms with E-state index < -0.39 is 10.9 Å². The number of morpholine rings is 1. The first-order valence-corrected chi connectivity index (χ1v) is 9.06. The minimum Gasteiger partial charge on any atom is -0.465 e. The fourth-order valence-electron chi connectivity index (χ4n) is 3.08. The molecule has 1 N–H and O–H groups in total. The molecule has 1 fully saturated rings. The van der Waals surface area contributed by atoms with Crippen molar-refractivity contribution in [3.05, 3.63) is 63.7 Å². The first-order chi connectivity index (χ1) is 14.0. The summed E-state index contributed by atoms with van der Waals surface area (Å²) in [5, 5.41) is 13.6. The van der Waals surface area contributed by atoms with Crippen LogP contribution in [0.1, 0.15) is 15.9 Å². The highest BCUT2D eigenvalue weighted by molar-refractivity contribution is 5.98. The van der Waals surface area contributed by atoms with Crippen LogP contribution in [0.5, 0.6) is 0 Å². The Morgan fingerprint density at radius 3 is 2.48 bits per heavy atom. The number of non-ortho nitro benzene ring substituents is 1. The maximum atomic E-state index is 12.6. The van der Waals surface area contributed by atoms with Crippen molar-refractivity contribution in [3.8, 4) is 0 Å². The number of nitro benzene ring substituents is 1. The van der Waals surface area contributed by atoms with Gasteiger partial charge in [0.15, 0.2) is 0 Å². The molecule has 0 radical (unpaired) electrons. The van der Waals surface area contributed by atoms with Crippen LogP contribution in [-0.4, -0.2) is 50.2 Å². The molecule has 1 aliphatic rings. The lowest BCUT2D eigenvalue weighted by Gasteiger charge is -2.30. The third kappa shape index (κ3) is 5.08. The van der Waals surface area contributed by atoms with E-state index in [9.17, 15) is 19.7 Å². The van der Waals surface area contributed by atoms with Crippen molar-refractivity contribution in [1.29, 1.82) is 0 Å². The molecule has 2 aromatic rings. The van der Waals surface area contributed by atoms with Gasteiger partial charge in [-0.2, -0.15) is 0 Å². The van der Waals surface area contributed by atoms with Crippen LogP contribution in [0.15, 0.2) is 42.5 Å². The van der Waals surface area contributed by atoms with E-state index in [0.717, 1.165) is 5.69 Å². The molecule has 0 aliphatic carbocycles. The zero-order valence-electron chi connectivity index (χ0n) is 15.9. The van der Waals surface area contributed by atoms with Gasteiger partial charge in [0, 0.05) is 25.2 Å². The summed E-state index contributed by atoms with van der Waals surface area (Å²) in [5.74, 6) is -0.792. The third-order valence-electron chi connectivity index (χ3n) is 4.56. The number of rotatable bonds is 6. The molecule has 1 amide bonds. The summed E-state index contributed by atoms with van der Waals surface area (Å²) in [6, 6.07) is 10.8. The minimum atomic E-state index is -0.496. The molecular formula is C20H21N3O6. The third-order valence-corrected chi connectivity index (χ3v) is 4.56. The van der Waals surface area contributed by atoms with Gasteiger partial charge in [-0.25, -0.2) is 4.79 Å². The molecule has 0 aromatic heterocycles. The Labute approximate surface area is 167 Å². The second-order valence-electron chi connectivity index (χ2n) is 6.47. The van der Waals surface area contributed by atoms with Gasteiger partial charge in [0.05, 0.1) is 48.6 Å². The maximum absolute atomic E-state index is 12.6. The second-order valence-corrected chi connectivity index (χ2v) is 6.47. The van der Waals surface area contributed by atoms with Gasteiger partial charge in [-0.3, -0.25) is 14.9 Å². The quantitative estimate of drug-likeness (QED) is 0.451. The van der Waals surface area contributed by atoms with Crippen LogP contribution < -0.4 is 10.2 Å². The molecule has 2 aromatic carbocycles. The van der Waals surface area contributed by atoms with E-state index in [0.29, 0.717) is 43.1 Å². The monoisotopic (exact) mass is 399 g/mol. The molecule has 0 saturated carbocycles. The summed E-state index contributed by atoms with van der Waals surface area (Å²) >= 11 is 0. The summed E-state index contributed by atoms with van der Waals surface area (Å²) in [7, 11) is 1.30. The first kappa shape index (κ1) is 20.3. The van der Waals surface area contributed by atoms with Crippen molar-refractivity contribution in [2.45, 2.75) is 6.42 Å². The fourth-order valence-corrected chi connectivity index (χ4v) is 3.08. The van der Waals surface area contributed by atoms with Gasteiger partial charge in [-0.15, -0.1) is 0 Å². The molecule has 0 atom stereocenters. The summed E-state index contributed by atoms with van der Waals surface area (Å²) < 4.78 is 10.1. The molecule has 29 heavy (non-hydrogen) atoms. The normalized spacial score (nSPS) is 13.6. The number of hydrogen-bond donors (Lipinski definition) is 1. The largest absolute Gasteiger partial charge is 0.465 e. The van der Waals surface area contributed by atoms with Crippen LogP contribution in [0.25, 0.3) is 0 Å². The summed E-state index contributed by atoms with van der Waals surface area (Å²) in [6.45, 7) is 2.50. The fraction of sp³-hybridized carbons (Fsp3) is 0.300. The smallest absolute Gasteiger partial charge is 0.337 e. The number of anilines is 2. The number of esters is 1. The van der Waals surface area contributed by atoms with Crippen molar-refractivity contribution in [1.82, 2.24) is 0 Å². The molecule has 0 unspecified atom stereocenters. The highest BCUT2D eigenvalue weighted by Crippen LogP contribution is 2.28. The van der Waals surface area contributed by atoms with E-state index >= 15 is 0 Å². The molecule has 1 saturated heterocycles. The average Bonchev–Trinajstić information content (AvgIpc) is 2.74. The molecule has 9 heteroatoms. The first-order valence-electron chi connectivity index (χ1n) is 9.06. The van der Waals surface area contributed by atoms with E-state index in [2.05, 4.69) is 10.2 Å². The Hall–Kier alpha value is -3.46. The van der Waals surface area contributed by atoms with Crippen LogP contribution in [0.2, 0.25) is 0 Å². The molecule has 1 heterocycles. The van der Waals surface area contributed by atoms with Gasteiger partial charge in [-0.05, 0) is 23.8 Å². The Kier molecular flexibility index (Phi) is 6.40. The predicted octanol–water partition coefficient (Wildman–Crippen LogP) is 2.40. The van der Waals surface area contributed by atoms with Crippen LogP contribution >= 0.6 is 0 Å². The summed E-state index contributed by atoms with van der Waals surface area (Å²) in [5.41, 5.74) is 2.23. The lowest BCUT2D eigenvalue weighted by atomic mass is 10.1. The number of ether oxygens (including phenoxy) is 2. The van der Waals surface area contributed by atoms with E-state index in [1.54, 1.807) is 30.3 Å². The number of hydrogen-bond acceptors (Lipinski definition) is 7. The van der Waals surface area contributed by atoms with Crippen molar-refractivity contribution >= 4 is 28.9 Å². The zero-order valence-corrected chi connectivity index (χ0v) is 15.9. The van der Waals surface area contributed by atoms with Crippen molar-refractivity contribution in [3.63, 3.8) is 0 Å². The lowest BCUT2D eigenvalue weighted by molar-refractivity contribution is -0.384. The van der Waals surface area contributed by atoms with Crippen molar-refractivity contribution in [2.75, 3.05) is 43.6 Å². The average molecular weight is 399 g/mol. The van der Waals surface area contributed by atoms with Gasteiger partial charge >= 0.3 is 5.97 Å². The standard InChI is InChI=1S/C20H21N3O6/c1-28-20(25)15-4-7-18(22-8-10-29-11-9-22)17(13-15)21-19(24)12-14-2-5-16(6-3-14)23(26)27/h2-7,13H,8-12H2,1H3,(H,21,24). The minimum absolute atomic E-state index is 0.0328. The number of carbonyl (C=O) groups excluding carboxylic acids is 2. The topological polar surface area (TPSA) is 111 Å². The van der Waals surface area contributed by atoms with Crippen LogP contribution in [0.4, 0.5) is 17.1 Å². The highest BCUT2D eigenvalue weighted by Gasteiger charge is 2.19. The number of carbonyl (C=O) groups is 2. The van der Waals surface area contributed by atoms with Gasteiger partial charge in [-0.1, -0.05) is 12.1 Å². The predicted molar refractivity (Wildman–Crippen MR) is 106 cm³/mol. The van der Waals surface area contributed by atoms with Crippen molar-refractivity contribution < 1.29 is 24.0 Å². The number of nitrogens with zero attached hydrogens (tertiary/aromatic N) is 2. The summed E-state index contributed by atoms with van der Waals surface area (Å²) in [4.78, 5) is 36.8. The molecule has 152 valence electrons. The van der Waals surface area contributed by atoms with Gasteiger partial charge in [0.25, 0.3) is 5.69 Å². The lowest BCUT2D eigenvalue weighted by Crippen LogP contribution is -2.37. The van der Waals surface area contributed by atoms with Crippen LogP contribution in [0, 0.1) is 10.1 Å². The number of methoxy groups -OCH3 is 1. The molecule has 0 spiro atoms. The Bertz CT molecular complexity index is 907. The molecule has 3 rings (SSSR count). The maximum Gasteiger partial charge on any atom is 0.337 e. The van der Waals surface area contributed by atoms with E-state index in [4.69, 9.17) is 9.47 Å². The SMILES string of the molecule is COC(=O)c1ccc(N2CCOCC2)c(NC(=O)Cc2ccc([N+](=O)[O-])cc2)c1. The Morgan fingerprint density at radius 2 is 1.86 bits per heavy atom. The molecule has 1 aliphatic heterocycles. The Morgan fingerprint density at radius 1 is 1.17 bits per heavy atom. The van der Waals surface area contributed by atoms with Gasteiger partial charge in [0.1, 0.15) is 0 Å². The number of nitro groups is 1. The molecular weight excluding hydrogens is 378 g/mol. The van der Waals surface area contributed by atoms with E-state index in [1.165, 1.54) is 19.2 Å². The second kappa shape index (κ2) is 9.16. The van der Waals surface area contributed by atoms with Gasteiger partial charge in [0.2, 0.25) is 5.91 Å². The molecule has 9 nitrogen and oxygen atoms in total. The van der Waals surface area contributed by atoms with Crippen LogP contribution in [0.3, 0.4) is 0 Å². The highest BCUT2D eigenvalue weighted by atomic mass is 16.6. The van der Waals surface area contributed by atoms with E-state index in [1.807, 2.05) is 0 Å². The number of amides is 1. The molecule has 0 bridgehead atoms. The Balaban J connectivity index is 1.79. The van der Waals surface area contributed by atoms with Crippen molar-refractivity contribution in [2.24, 2.45) is 0 Å². The zero-order chi connectivity index (χ0) is 20.8. The van der Waals surface area contributed by atoms with Gasteiger partial charge < -0.3 is 19.7 Å². The summed E-state index contributed by atoms with van der Waals surface area (Å²) in [6.07, 6.45) is 0.0446.